The van der Waals surface area contributed by atoms with E-state index in [9.17, 15) is 14.7 Å². The third kappa shape index (κ3) is 3.24. The number of nitrogens with zero attached hydrogens (tertiary/aromatic N) is 1. The van der Waals surface area contributed by atoms with Gasteiger partial charge in [0.25, 0.3) is 0 Å². The lowest BCUT2D eigenvalue weighted by molar-refractivity contribution is -0.116. The Labute approximate surface area is 184 Å². The number of aromatic hydroxyl groups is 1. The number of phenols is 1. The summed E-state index contributed by atoms with van der Waals surface area (Å²) in [6, 6.07) is 18.4. The van der Waals surface area contributed by atoms with Gasteiger partial charge in [0.2, 0.25) is 11.8 Å². The molecule has 1 aliphatic rings. The maximum atomic E-state index is 12.7. The number of aromatic nitrogens is 1. The number of carbonyl (C=O) groups is 2. The SMILES string of the molecule is COc1cc(Cc2cccc3c2-c2cc4ccc(C(N)=O)cc4n2CC(=O)N3)ccc1O. The Morgan fingerprint density at radius 3 is 2.78 bits per heavy atom. The van der Waals surface area contributed by atoms with Gasteiger partial charge in [0, 0.05) is 22.0 Å². The van der Waals surface area contributed by atoms with Crippen molar-refractivity contribution in [3.05, 3.63) is 77.4 Å². The maximum Gasteiger partial charge on any atom is 0.248 e. The normalized spacial score (nSPS) is 12.6. The molecular weight excluding hydrogens is 406 g/mol. The molecule has 0 atom stereocenters. The fourth-order valence-electron chi connectivity index (χ4n) is 4.32. The van der Waals surface area contributed by atoms with Gasteiger partial charge in [0.1, 0.15) is 6.54 Å². The van der Waals surface area contributed by atoms with Crippen LogP contribution in [0.2, 0.25) is 0 Å². The summed E-state index contributed by atoms with van der Waals surface area (Å²) < 4.78 is 7.17. The molecule has 2 amide bonds. The highest BCUT2D eigenvalue weighted by molar-refractivity contribution is 6.03. The molecule has 32 heavy (non-hydrogen) atoms. The Kier molecular flexibility index (Phi) is 4.59. The second-order valence-corrected chi connectivity index (χ2v) is 7.82. The van der Waals surface area contributed by atoms with Gasteiger partial charge in [-0.1, -0.05) is 24.3 Å². The number of ether oxygens (including phenoxy) is 1. The number of hydrogen-bond acceptors (Lipinski definition) is 4. The Morgan fingerprint density at radius 1 is 1.16 bits per heavy atom. The van der Waals surface area contributed by atoms with Crippen LogP contribution in [0.5, 0.6) is 11.5 Å². The van der Waals surface area contributed by atoms with Crippen LogP contribution in [0.25, 0.3) is 22.2 Å². The molecule has 0 unspecified atom stereocenters. The molecule has 0 bridgehead atoms. The van der Waals surface area contributed by atoms with Gasteiger partial charge in [0.15, 0.2) is 11.5 Å². The third-order valence-corrected chi connectivity index (χ3v) is 5.81. The summed E-state index contributed by atoms with van der Waals surface area (Å²) in [6.07, 6.45) is 0.573. The Balaban J connectivity index is 1.70. The second-order valence-electron chi connectivity index (χ2n) is 7.82. The van der Waals surface area contributed by atoms with Crippen molar-refractivity contribution in [3.63, 3.8) is 0 Å². The van der Waals surface area contributed by atoms with Crippen LogP contribution in [-0.2, 0) is 17.8 Å². The molecule has 0 fully saturated rings. The van der Waals surface area contributed by atoms with Crippen molar-refractivity contribution in [2.24, 2.45) is 5.73 Å². The highest BCUT2D eigenvalue weighted by Crippen LogP contribution is 2.39. The first kappa shape index (κ1) is 19.7. The van der Waals surface area contributed by atoms with Gasteiger partial charge < -0.3 is 25.5 Å². The molecule has 2 heterocycles. The number of amides is 2. The smallest absolute Gasteiger partial charge is 0.248 e. The number of primary amides is 1. The van der Waals surface area contributed by atoms with Gasteiger partial charge in [-0.25, -0.2) is 0 Å². The molecule has 3 aromatic carbocycles. The molecule has 1 aromatic heterocycles. The van der Waals surface area contributed by atoms with Crippen LogP contribution in [0, 0.1) is 0 Å². The molecule has 4 N–H and O–H groups in total. The summed E-state index contributed by atoms with van der Waals surface area (Å²) in [5.41, 5.74) is 11.2. The maximum absolute atomic E-state index is 12.7. The number of methoxy groups -OCH3 is 1. The van der Waals surface area contributed by atoms with E-state index in [1.807, 2.05) is 41.0 Å². The van der Waals surface area contributed by atoms with Crippen molar-refractivity contribution in [1.29, 1.82) is 0 Å². The number of carbonyl (C=O) groups excluding carboxylic acids is 2. The van der Waals surface area contributed by atoms with E-state index < -0.39 is 5.91 Å². The van der Waals surface area contributed by atoms with Crippen LogP contribution >= 0.6 is 0 Å². The van der Waals surface area contributed by atoms with Crippen molar-refractivity contribution in [3.8, 4) is 22.8 Å². The van der Waals surface area contributed by atoms with E-state index in [1.54, 1.807) is 24.3 Å². The zero-order chi connectivity index (χ0) is 22.4. The molecule has 0 saturated carbocycles. The zero-order valence-corrected chi connectivity index (χ0v) is 17.4. The highest BCUT2D eigenvalue weighted by Gasteiger charge is 2.24. The predicted molar refractivity (Wildman–Crippen MR) is 122 cm³/mol. The van der Waals surface area contributed by atoms with E-state index >= 15 is 0 Å². The quantitative estimate of drug-likeness (QED) is 0.462. The first-order valence-electron chi connectivity index (χ1n) is 10.2. The van der Waals surface area contributed by atoms with E-state index in [4.69, 9.17) is 10.5 Å². The molecule has 0 saturated heterocycles. The highest BCUT2D eigenvalue weighted by atomic mass is 16.5. The molecule has 4 aromatic rings. The topological polar surface area (TPSA) is 107 Å². The van der Waals surface area contributed by atoms with Crippen LogP contribution in [0.15, 0.2) is 60.7 Å². The summed E-state index contributed by atoms with van der Waals surface area (Å²) in [4.78, 5) is 24.4. The first-order valence-corrected chi connectivity index (χ1v) is 10.2. The van der Waals surface area contributed by atoms with Crippen LogP contribution in [-0.4, -0.2) is 28.6 Å². The van der Waals surface area contributed by atoms with Crippen molar-refractivity contribution in [2.45, 2.75) is 13.0 Å². The summed E-state index contributed by atoms with van der Waals surface area (Å²) >= 11 is 0. The summed E-state index contributed by atoms with van der Waals surface area (Å²) in [5, 5.41) is 13.8. The van der Waals surface area contributed by atoms with Crippen LogP contribution in [0.4, 0.5) is 5.69 Å². The van der Waals surface area contributed by atoms with Crippen molar-refractivity contribution >= 4 is 28.4 Å². The minimum atomic E-state index is -0.511. The Bertz CT molecular complexity index is 1400. The van der Waals surface area contributed by atoms with Crippen molar-refractivity contribution in [2.75, 3.05) is 12.4 Å². The Morgan fingerprint density at radius 2 is 2.00 bits per heavy atom. The molecule has 0 radical (unpaired) electrons. The van der Waals surface area contributed by atoms with E-state index in [0.717, 1.165) is 39.0 Å². The van der Waals surface area contributed by atoms with E-state index in [-0.39, 0.29) is 18.2 Å². The van der Waals surface area contributed by atoms with Gasteiger partial charge in [-0.15, -0.1) is 0 Å². The first-order chi connectivity index (χ1) is 15.4. The molecule has 160 valence electrons. The second kappa shape index (κ2) is 7.46. The lowest BCUT2D eigenvalue weighted by atomic mass is 9.96. The lowest BCUT2D eigenvalue weighted by Gasteiger charge is -2.14. The molecule has 7 heteroatoms. The molecular formula is C25H21N3O4. The molecule has 0 spiro atoms. The monoisotopic (exact) mass is 427 g/mol. The molecule has 0 aliphatic carbocycles. The largest absolute Gasteiger partial charge is 0.504 e. The van der Waals surface area contributed by atoms with E-state index in [0.29, 0.717) is 17.7 Å². The molecule has 1 aliphatic heterocycles. The van der Waals surface area contributed by atoms with Crippen molar-refractivity contribution in [1.82, 2.24) is 4.57 Å². The number of hydrogen-bond donors (Lipinski definition) is 3. The van der Waals surface area contributed by atoms with Crippen molar-refractivity contribution < 1.29 is 19.4 Å². The average Bonchev–Trinajstić information content (AvgIpc) is 3.04. The Hall–Kier alpha value is -4.26. The van der Waals surface area contributed by atoms with Gasteiger partial charge in [-0.2, -0.15) is 0 Å². The van der Waals surface area contributed by atoms with Crippen LogP contribution < -0.4 is 15.8 Å². The number of nitrogens with two attached hydrogens (primary N) is 1. The minimum Gasteiger partial charge on any atom is -0.504 e. The molecule has 5 rings (SSSR count). The standard InChI is InChI=1S/C25H21N3O4/c1-32-22-10-14(5-8-21(22)29)9-16-3-2-4-18-24(16)20-11-15-6-7-17(25(26)31)12-19(15)28(20)13-23(30)27-18/h2-8,10-12,29H,9,13H2,1H3,(H2,26,31)(H,27,30). The van der Waals surface area contributed by atoms with Crippen LogP contribution in [0.3, 0.4) is 0 Å². The summed E-state index contributed by atoms with van der Waals surface area (Å²) in [5.74, 6) is -0.162. The fourth-order valence-corrected chi connectivity index (χ4v) is 4.32. The number of fused-ring (bicyclic) bond motifs is 5. The average molecular weight is 427 g/mol. The van der Waals surface area contributed by atoms with Gasteiger partial charge in [-0.3, -0.25) is 9.59 Å². The summed E-state index contributed by atoms with van der Waals surface area (Å²) in [7, 11) is 1.52. The fraction of sp³-hybridized carbons (Fsp3) is 0.120. The number of nitrogens with one attached hydrogen (secondary N) is 1. The lowest BCUT2D eigenvalue weighted by Crippen LogP contribution is -2.16. The molecule has 7 nitrogen and oxygen atoms in total. The van der Waals surface area contributed by atoms with E-state index in [1.165, 1.54) is 7.11 Å². The summed E-state index contributed by atoms with van der Waals surface area (Å²) in [6.45, 7) is 0.127. The van der Waals surface area contributed by atoms with Gasteiger partial charge in [-0.05, 0) is 53.9 Å². The number of anilines is 1. The third-order valence-electron chi connectivity index (χ3n) is 5.81. The van der Waals surface area contributed by atoms with Gasteiger partial charge >= 0.3 is 0 Å². The van der Waals surface area contributed by atoms with Crippen LogP contribution in [0.1, 0.15) is 21.5 Å². The number of phenolic OH excluding ortho intramolecular Hbond substituents is 1. The zero-order valence-electron chi connectivity index (χ0n) is 17.4. The van der Waals surface area contributed by atoms with Gasteiger partial charge in [0.05, 0.1) is 18.5 Å². The number of rotatable bonds is 4. The predicted octanol–water partition coefficient (Wildman–Crippen LogP) is 3.66. The minimum absolute atomic E-state index is 0.0841. The van der Waals surface area contributed by atoms with E-state index in [2.05, 4.69) is 5.32 Å². The number of benzene rings is 3.